The van der Waals surface area contributed by atoms with Crippen molar-refractivity contribution in [2.75, 3.05) is 17.6 Å². The van der Waals surface area contributed by atoms with Gasteiger partial charge in [0.1, 0.15) is 0 Å². The van der Waals surface area contributed by atoms with E-state index in [1.54, 1.807) is 11.8 Å². The molecule has 1 N–H and O–H groups in total. The van der Waals surface area contributed by atoms with Crippen molar-refractivity contribution < 1.29 is 0 Å². The summed E-state index contributed by atoms with van der Waals surface area (Å²) in [6.07, 6.45) is 1.20. The fourth-order valence-electron chi connectivity index (χ4n) is 1.48. The molecule has 0 bridgehead atoms. The lowest BCUT2D eigenvalue weighted by molar-refractivity contribution is 0.938. The van der Waals surface area contributed by atoms with Gasteiger partial charge in [-0.05, 0) is 43.5 Å². The summed E-state index contributed by atoms with van der Waals surface area (Å²) in [6, 6.07) is 6.43. The Hall–Kier alpha value is -0.960. The van der Waals surface area contributed by atoms with Crippen molar-refractivity contribution in [3.8, 4) is 0 Å². The van der Waals surface area contributed by atoms with Crippen molar-refractivity contribution in [3.05, 3.63) is 29.3 Å². The fraction of sp³-hybridized carbons (Fsp3) is 0.417. The second-order valence-electron chi connectivity index (χ2n) is 3.81. The predicted molar refractivity (Wildman–Crippen MR) is 68.9 cm³/mol. The molecule has 0 aliphatic carbocycles. The van der Waals surface area contributed by atoms with Gasteiger partial charge >= 0.3 is 0 Å². The highest BCUT2D eigenvalue weighted by atomic mass is 32.2. The van der Waals surface area contributed by atoms with E-state index in [2.05, 4.69) is 42.4 Å². The summed E-state index contributed by atoms with van der Waals surface area (Å²) in [4.78, 5) is 4.45. The third-order valence-corrected chi connectivity index (χ3v) is 3.55. The summed E-state index contributed by atoms with van der Waals surface area (Å²) >= 11 is 1.81. The largest absolute Gasteiger partial charge is 0.335 e. The molecule has 80 valence electrons. The van der Waals surface area contributed by atoms with E-state index in [1.807, 2.05) is 0 Å². The summed E-state index contributed by atoms with van der Waals surface area (Å²) < 4.78 is 0. The molecule has 0 atom stereocenters. The normalized spacial score (nSPS) is 16.0. The van der Waals surface area contributed by atoms with Crippen LogP contribution in [-0.2, 0) is 0 Å². The van der Waals surface area contributed by atoms with E-state index >= 15 is 0 Å². The van der Waals surface area contributed by atoms with Gasteiger partial charge in [0.05, 0.1) is 0 Å². The first kappa shape index (κ1) is 10.6. The van der Waals surface area contributed by atoms with E-state index < -0.39 is 0 Å². The van der Waals surface area contributed by atoms with Crippen LogP contribution in [0.2, 0.25) is 0 Å². The van der Waals surface area contributed by atoms with E-state index in [1.165, 1.54) is 23.3 Å². The van der Waals surface area contributed by atoms with Crippen LogP contribution in [0.3, 0.4) is 0 Å². The smallest absolute Gasteiger partial charge is 0.161 e. The first-order valence-corrected chi connectivity index (χ1v) is 6.26. The van der Waals surface area contributed by atoms with Crippen LogP contribution in [0.4, 0.5) is 5.69 Å². The molecule has 0 aromatic heterocycles. The van der Waals surface area contributed by atoms with Crippen molar-refractivity contribution in [2.45, 2.75) is 20.3 Å². The first-order chi connectivity index (χ1) is 7.25. The number of hydrogen-bond donors (Lipinski definition) is 1. The number of rotatable bonds is 1. The lowest BCUT2D eigenvalue weighted by Gasteiger charge is -2.14. The number of benzene rings is 1. The molecule has 15 heavy (non-hydrogen) atoms. The van der Waals surface area contributed by atoms with E-state index in [9.17, 15) is 0 Å². The maximum Gasteiger partial charge on any atom is 0.161 e. The number of nitrogens with zero attached hydrogens (tertiary/aromatic N) is 1. The van der Waals surface area contributed by atoms with E-state index in [4.69, 9.17) is 0 Å². The number of aryl methyl sites for hydroxylation is 2. The number of anilines is 1. The third-order valence-electron chi connectivity index (χ3n) is 2.55. The van der Waals surface area contributed by atoms with E-state index in [-0.39, 0.29) is 0 Å². The minimum absolute atomic E-state index is 0.959. The standard InChI is InChI=1S/C12H16N2S/c1-9-4-5-11(8-10(9)2)14-12-13-6-3-7-15-12/h4-5,8H,3,6-7H2,1-2H3,(H,13,14). The molecule has 0 amide bonds. The van der Waals surface area contributed by atoms with Crippen molar-refractivity contribution in [1.29, 1.82) is 0 Å². The molecule has 2 nitrogen and oxygen atoms in total. The van der Waals surface area contributed by atoms with Crippen LogP contribution in [0.5, 0.6) is 0 Å². The van der Waals surface area contributed by atoms with Gasteiger partial charge in [0, 0.05) is 18.0 Å². The summed E-state index contributed by atoms with van der Waals surface area (Å²) in [7, 11) is 0. The molecule has 0 saturated heterocycles. The van der Waals surface area contributed by atoms with E-state index in [0.29, 0.717) is 0 Å². The van der Waals surface area contributed by atoms with Crippen LogP contribution in [0.1, 0.15) is 17.5 Å². The van der Waals surface area contributed by atoms with Crippen molar-refractivity contribution in [2.24, 2.45) is 4.99 Å². The monoisotopic (exact) mass is 220 g/mol. The minimum Gasteiger partial charge on any atom is -0.335 e. The molecule has 0 spiro atoms. The van der Waals surface area contributed by atoms with Crippen LogP contribution in [-0.4, -0.2) is 17.5 Å². The Balaban J connectivity index is 2.10. The van der Waals surface area contributed by atoms with Gasteiger partial charge in [-0.3, -0.25) is 4.99 Å². The Labute approximate surface area is 95.2 Å². The van der Waals surface area contributed by atoms with Crippen LogP contribution >= 0.6 is 11.8 Å². The van der Waals surface area contributed by atoms with Crippen LogP contribution < -0.4 is 5.32 Å². The summed E-state index contributed by atoms with van der Waals surface area (Å²) in [5.74, 6) is 1.18. The Morgan fingerprint density at radius 1 is 1.27 bits per heavy atom. The average Bonchev–Trinajstić information content (AvgIpc) is 2.25. The molecule has 0 saturated carbocycles. The average molecular weight is 220 g/mol. The second kappa shape index (κ2) is 4.71. The van der Waals surface area contributed by atoms with Gasteiger partial charge in [-0.25, -0.2) is 0 Å². The van der Waals surface area contributed by atoms with Gasteiger partial charge in [0.2, 0.25) is 0 Å². The SMILES string of the molecule is Cc1ccc(NC2=NCCCS2)cc1C. The molecule has 1 aromatic rings. The quantitative estimate of drug-likeness (QED) is 0.786. The Morgan fingerprint density at radius 3 is 2.80 bits per heavy atom. The molecule has 0 radical (unpaired) electrons. The third kappa shape index (κ3) is 2.75. The predicted octanol–water partition coefficient (Wildman–Crippen LogP) is 3.21. The van der Waals surface area contributed by atoms with Gasteiger partial charge in [-0.1, -0.05) is 17.8 Å². The molecular formula is C12H16N2S. The zero-order chi connectivity index (χ0) is 10.7. The van der Waals surface area contributed by atoms with Gasteiger partial charge < -0.3 is 5.32 Å². The van der Waals surface area contributed by atoms with Gasteiger partial charge in [-0.15, -0.1) is 0 Å². The molecule has 1 aliphatic rings. The zero-order valence-corrected chi connectivity index (χ0v) is 10.0. The number of aliphatic imine (C=N–C) groups is 1. The second-order valence-corrected chi connectivity index (χ2v) is 4.90. The first-order valence-electron chi connectivity index (χ1n) is 5.27. The van der Waals surface area contributed by atoms with Crippen molar-refractivity contribution >= 4 is 22.6 Å². The maximum absolute atomic E-state index is 4.45. The van der Waals surface area contributed by atoms with Crippen LogP contribution in [0.25, 0.3) is 0 Å². The number of hydrogen-bond acceptors (Lipinski definition) is 3. The zero-order valence-electron chi connectivity index (χ0n) is 9.21. The molecule has 0 unspecified atom stereocenters. The Kier molecular flexibility index (Phi) is 3.31. The highest BCUT2D eigenvalue weighted by molar-refractivity contribution is 8.14. The van der Waals surface area contributed by atoms with Crippen LogP contribution in [0.15, 0.2) is 23.2 Å². The van der Waals surface area contributed by atoms with Crippen molar-refractivity contribution in [3.63, 3.8) is 0 Å². The highest BCUT2D eigenvalue weighted by Gasteiger charge is 2.05. The lowest BCUT2D eigenvalue weighted by Crippen LogP contribution is -2.13. The topological polar surface area (TPSA) is 24.4 Å². The summed E-state index contributed by atoms with van der Waals surface area (Å²) in [6.45, 7) is 5.22. The van der Waals surface area contributed by atoms with Gasteiger partial charge in [-0.2, -0.15) is 0 Å². The number of nitrogens with one attached hydrogen (secondary N) is 1. The molecule has 2 rings (SSSR count). The Morgan fingerprint density at radius 2 is 2.13 bits per heavy atom. The lowest BCUT2D eigenvalue weighted by atomic mass is 10.1. The molecule has 0 fully saturated rings. The molecule has 1 heterocycles. The number of thioether (sulfide) groups is 1. The van der Waals surface area contributed by atoms with Crippen molar-refractivity contribution in [1.82, 2.24) is 0 Å². The highest BCUT2D eigenvalue weighted by Crippen LogP contribution is 2.18. The molecule has 1 aliphatic heterocycles. The fourth-order valence-corrected chi connectivity index (χ4v) is 2.32. The van der Waals surface area contributed by atoms with Crippen LogP contribution in [0, 0.1) is 13.8 Å². The minimum atomic E-state index is 0.959. The maximum atomic E-state index is 4.45. The number of amidine groups is 1. The molecule has 3 heteroatoms. The van der Waals surface area contributed by atoms with Gasteiger partial charge in [0.25, 0.3) is 0 Å². The van der Waals surface area contributed by atoms with Gasteiger partial charge in [0.15, 0.2) is 5.17 Å². The molecule has 1 aromatic carbocycles. The summed E-state index contributed by atoms with van der Waals surface area (Å²) in [5, 5.41) is 4.42. The summed E-state index contributed by atoms with van der Waals surface area (Å²) in [5.41, 5.74) is 3.80. The molecular weight excluding hydrogens is 204 g/mol. The van der Waals surface area contributed by atoms with E-state index in [0.717, 1.165) is 17.4 Å². The Bertz CT molecular complexity index is 385.